The zero-order chi connectivity index (χ0) is 18.9. The van der Waals surface area contributed by atoms with Crippen molar-refractivity contribution in [2.24, 2.45) is 0 Å². The molecule has 1 saturated heterocycles. The van der Waals surface area contributed by atoms with Gasteiger partial charge in [0.05, 0.1) is 15.5 Å². The van der Waals surface area contributed by atoms with Crippen molar-refractivity contribution in [3.05, 3.63) is 63.3 Å². The minimum atomic E-state index is -3.79. The van der Waals surface area contributed by atoms with E-state index in [1.165, 1.54) is 22.5 Å². The molecule has 0 bridgehead atoms. The van der Waals surface area contributed by atoms with Gasteiger partial charge in [-0.3, -0.25) is 4.79 Å². The summed E-state index contributed by atoms with van der Waals surface area (Å²) < 4.78 is 40.6. The van der Waals surface area contributed by atoms with E-state index in [0.29, 0.717) is 10.6 Å². The fourth-order valence-corrected chi connectivity index (χ4v) is 4.95. The van der Waals surface area contributed by atoms with Crippen LogP contribution in [0.4, 0.5) is 4.39 Å². The standard InChI is InChI=1S/C17H15BrClFN2O3S/c18-12-4-5-15(16(19)10-12)17(23)21-6-8-22(9-7-21)26(24,25)14-3-1-2-13(20)11-14/h1-5,10-11H,6-9H2. The molecular weight excluding hydrogens is 447 g/mol. The quantitative estimate of drug-likeness (QED) is 0.704. The van der Waals surface area contributed by atoms with Gasteiger partial charge < -0.3 is 4.90 Å². The number of piperazine rings is 1. The third-order valence-corrected chi connectivity index (χ3v) is 6.82. The van der Waals surface area contributed by atoms with Crippen LogP contribution in [0.2, 0.25) is 5.02 Å². The molecule has 2 aromatic carbocycles. The number of benzene rings is 2. The van der Waals surface area contributed by atoms with Gasteiger partial charge in [0.25, 0.3) is 5.91 Å². The minimum Gasteiger partial charge on any atom is -0.336 e. The number of halogens is 3. The monoisotopic (exact) mass is 460 g/mol. The van der Waals surface area contributed by atoms with Gasteiger partial charge in [-0.2, -0.15) is 4.31 Å². The molecule has 1 fully saturated rings. The summed E-state index contributed by atoms with van der Waals surface area (Å²) in [6.45, 7) is 0.747. The molecule has 0 unspecified atom stereocenters. The van der Waals surface area contributed by atoms with Crippen LogP contribution in [0.3, 0.4) is 0 Å². The highest BCUT2D eigenvalue weighted by Crippen LogP contribution is 2.24. The lowest BCUT2D eigenvalue weighted by molar-refractivity contribution is 0.0698. The lowest BCUT2D eigenvalue weighted by Crippen LogP contribution is -2.50. The number of rotatable bonds is 3. The van der Waals surface area contributed by atoms with Crippen LogP contribution in [0.1, 0.15) is 10.4 Å². The van der Waals surface area contributed by atoms with E-state index < -0.39 is 15.8 Å². The first-order valence-corrected chi connectivity index (χ1v) is 10.4. The van der Waals surface area contributed by atoms with Crippen molar-refractivity contribution in [1.82, 2.24) is 9.21 Å². The van der Waals surface area contributed by atoms with Crippen molar-refractivity contribution in [3.63, 3.8) is 0 Å². The molecule has 2 aromatic rings. The number of carbonyl (C=O) groups is 1. The van der Waals surface area contributed by atoms with Gasteiger partial charge in [0.2, 0.25) is 10.0 Å². The van der Waals surface area contributed by atoms with Crippen molar-refractivity contribution in [3.8, 4) is 0 Å². The second kappa shape index (κ2) is 7.64. The predicted molar refractivity (Wildman–Crippen MR) is 100 cm³/mol. The fraction of sp³-hybridized carbons (Fsp3) is 0.235. The molecule has 9 heteroatoms. The van der Waals surface area contributed by atoms with E-state index in [2.05, 4.69) is 15.9 Å². The normalized spacial score (nSPS) is 15.9. The Balaban J connectivity index is 1.72. The topological polar surface area (TPSA) is 57.7 Å². The molecule has 0 N–H and O–H groups in total. The van der Waals surface area contributed by atoms with Gasteiger partial charge in [0, 0.05) is 30.7 Å². The maximum Gasteiger partial charge on any atom is 0.255 e. The van der Waals surface area contributed by atoms with E-state index in [-0.39, 0.29) is 37.0 Å². The van der Waals surface area contributed by atoms with Crippen molar-refractivity contribution in [1.29, 1.82) is 0 Å². The van der Waals surface area contributed by atoms with E-state index in [0.717, 1.165) is 10.5 Å². The Kier molecular flexibility index (Phi) is 5.67. The number of amides is 1. The Morgan fingerprint density at radius 2 is 1.77 bits per heavy atom. The molecule has 26 heavy (non-hydrogen) atoms. The summed E-state index contributed by atoms with van der Waals surface area (Å²) in [5.41, 5.74) is 0.372. The lowest BCUT2D eigenvalue weighted by Gasteiger charge is -2.34. The van der Waals surface area contributed by atoms with Crippen LogP contribution in [0.5, 0.6) is 0 Å². The Hall–Kier alpha value is -1.48. The number of sulfonamides is 1. The summed E-state index contributed by atoms with van der Waals surface area (Å²) in [7, 11) is -3.79. The van der Waals surface area contributed by atoms with Crippen LogP contribution >= 0.6 is 27.5 Å². The van der Waals surface area contributed by atoms with Crippen molar-refractivity contribution < 1.29 is 17.6 Å². The van der Waals surface area contributed by atoms with E-state index in [4.69, 9.17) is 11.6 Å². The SMILES string of the molecule is O=C(c1ccc(Br)cc1Cl)N1CCN(S(=O)(=O)c2cccc(F)c2)CC1. The number of hydrogen-bond donors (Lipinski definition) is 0. The Morgan fingerprint density at radius 1 is 1.08 bits per heavy atom. The van der Waals surface area contributed by atoms with Gasteiger partial charge in [0.15, 0.2) is 0 Å². The van der Waals surface area contributed by atoms with Crippen LogP contribution in [0.15, 0.2) is 51.8 Å². The van der Waals surface area contributed by atoms with Gasteiger partial charge >= 0.3 is 0 Å². The van der Waals surface area contributed by atoms with Crippen LogP contribution in [-0.2, 0) is 10.0 Å². The summed E-state index contributed by atoms with van der Waals surface area (Å²) >= 11 is 9.41. The summed E-state index contributed by atoms with van der Waals surface area (Å²) in [5, 5.41) is 0.333. The highest BCUT2D eigenvalue weighted by molar-refractivity contribution is 9.10. The van der Waals surface area contributed by atoms with Crippen LogP contribution in [-0.4, -0.2) is 49.7 Å². The molecule has 0 radical (unpaired) electrons. The third kappa shape index (κ3) is 3.93. The molecule has 0 aromatic heterocycles. The van der Waals surface area contributed by atoms with E-state index >= 15 is 0 Å². The smallest absolute Gasteiger partial charge is 0.255 e. The summed E-state index contributed by atoms with van der Waals surface area (Å²) in [5.74, 6) is -0.852. The number of hydrogen-bond acceptors (Lipinski definition) is 3. The number of nitrogens with zero attached hydrogens (tertiary/aromatic N) is 2. The second-order valence-corrected chi connectivity index (χ2v) is 9.04. The van der Waals surface area contributed by atoms with Gasteiger partial charge in [-0.15, -0.1) is 0 Å². The van der Waals surface area contributed by atoms with Crippen molar-refractivity contribution in [2.45, 2.75) is 4.90 Å². The van der Waals surface area contributed by atoms with Crippen LogP contribution in [0.25, 0.3) is 0 Å². The van der Waals surface area contributed by atoms with Crippen molar-refractivity contribution >= 4 is 43.5 Å². The van der Waals surface area contributed by atoms with Gasteiger partial charge in [-0.25, -0.2) is 12.8 Å². The minimum absolute atomic E-state index is 0.0896. The van der Waals surface area contributed by atoms with Gasteiger partial charge in [0.1, 0.15) is 5.82 Å². The second-order valence-electron chi connectivity index (χ2n) is 5.78. The number of carbonyl (C=O) groups excluding carboxylic acids is 1. The molecule has 0 aliphatic carbocycles. The molecule has 0 atom stereocenters. The van der Waals surface area contributed by atoms with Crippen LogP contribution < -0.4 is 0 Å². The molecule has 3 rings (SSSR count). The average molecular weight is 462 g/mol. The molecule has 0 saturated carbocycles. The Bertz CT molecular complexity index is 947. The highest BCUT2D eigenvalue weighted by Gasteiger charge is 2.31. The predicted octanol–water partition coefficient (Wildman–Crippen LogP) is 3.39. The van der Waals surface area contributed by atoms with Crippen LogP contribution in [0, 0.1) is 5.82 Å². The van der Waals surface area contributed by atoms with Gasteiger partial charge in [-0.1, -0.05) is 33.6 Å². The van der Waals surface area contributed by atoms with E-state index in [9.17, 15) is 17.6 Å². The molecule has 1 aliphatic heterocycles. The fourth-order valence-electron chi connectivity index (χ4n) is 2.74. The van der Waals surface area contributed by atoms with E-state index in [1.807, 2.05) is 0 Å². The summed E-state index contributed by atoms with van der Waals surface area (Å²) in [6.07, 6.45) is 0. The zero-order valence-electron chi connectivity index (χ0n) is 13.5. The zero-order valence-corrected chi connectivity index (χ0v) is 16.7. The van der Waals surface area contributed by atoms with Gasteiger partial charge in [-0.05, 0) is 36.4 Å². The first-order chi connectivity index (χ1) is 12.3. The molecule has 1 aliphatic rings. The molecular formula is C17H15BrClFN2O3S. The molecule has 1 amide bonds. The summed E-state index contributed by atoms with van der Waals surface area (Å²) in [6, 6.07) is 9.90. The molecule has 0 spiro atoms. The van der Waals surface area contributed by atoms with Crippen molar-refractivity contribution in [2.75, 3.05) is 26.2 Å². The average Bonchev–Trinajstić information content (AvgIpc) is 2.61. The lowest BCUT2D eigenvalue weighted by atomic mass is 10.2. The third-order valence-electron chi connectivity index (χ3n) is 4.12. The maximum absolute atomic E-state index is 13.3. The molecule has 1 heterocycles. The Labute approximate surface area is 164 Å². The van der Waals surface area contributed by atoms with E-state index in [1.54, 1.807) is 23.1 Å². The first kappa shape index (κ1) is 19.3. The summed E-state index contributed by atoms with van der Waals surface area (Å²) in [4.78, 5) is 14.1. The largest absolute Gasteiger partial charge is 0.336 e. The Morgan fingerprint density at radius 3 is 2.38 bits per heavy atom. The molecule has 138 valence electrons. The molecule has 5 nitrogen and oxygen atoms in total. The maximum atomic E-state index is 13.3. The highest BCUT2D eigenvalue weighted by atomic mass is 79.9. The first-order valence-electron chi connectivity index (χ1n) is 7.79.